The highest BCUT2D eigenvalue weighted by Gasteiger charge is 2.41. The second-order valence-corrected chi connectivity index (χ2v) is 1.60. The monoisotopic (exact) mass is 132 g/mol. The minimum absolute atomic E-state index is 1.09. The van der Waals surface area contributed by atoms with Crippen LogP contribution in [0.25, 0.3) is 0 Å². The SMILES string of the molecule is O=C1OC(O)[C@@H](O)C1=O. The van der Waals surface area contributed by atoms with Gasteiger partial charge in [0, 0.05) is 0 Å². The Balaban J connectivity index is 2.77. The van der Waals surface area contributed by atoms with E-state index in [0.717, 1.165) is 0 Å². The number of ketones is 1. The summed E-state index contributed by atoms with van der Waals surface area (Å²) >= 11 is 0. The molecule has 5 heteroatoms. The molecule has 1 heterocycles. The zero-order valence-corrected chi connectivity index (χ0v) is 4.27. The summed E-state index contributed by atoms with van der Waals surface area (Å²) in [7, 11) is 0. The number of hydrogen-bond acceptors (Lipinski definition) is 5. The van der Waals surface area contributed by atoms with Crippen molar-refractivity contribution in [1.29, 1.82) is 0 Å². The molecule has 0 aromatic rings. The molecule has 0 saturated carbocycles. The molecular weight excluding hydrogens is 128 g/mol. The molecule has 5 nitrogen and oxygen atoms in total. The minimum Gasteiger partial charge on any atom is -0.427 e. The zero-order valence-electron chi connectivity index (χ0n) is 4.27. The zero-order chi connectivity index (χ0) is 7.02. The molecule has 2 atom stereocenters. The van der Waals surface area contributed by atoms with Crippen LogP contribution in [0.2, 0.25) is 0 Å². The quantitative estimate of drug-likeness (QED) is 0.288. The van der Waals surface area contributed by atoms with E-state index in [2.05, 4.69) is 4.74 Å². The first kappa shape index (κ1) is 6.18. The van der Waals surface area contributed by atoms with Crippen molar-refractivity contribution in [1.82, 2.24) is 0 Å². The largest absolute Gasteiger partial charge is 0.427 e. The molecule has 1 fully saturated rings. The molecule has 1 saturated heterocycles. The molecule has 0 spiro atoms. The predicted molar refractivity (Wildman–Crippen MR) is 23.1 cm³/mol. The molecule has 0 aromatic carbocycles. The van der Waals surface area contributed by atoms with Gasteiger partial charge >= 0.3 is 5.97 Å². The van der Waals surface area contributed by atoms with E-state index in [4.69, 9.17) is 10.2 Å². The van der Waals surface area contributed by atoms with Gasteiger partial charge in [0.1, 0.15) is 0 Å². The normalized spacial score (nSPS) is 34.9. The van der Waals surface area contributed by atoms with Crippen molar-refractivity contribution >= 4 is 11.8 Å². The topological polar surface area (TPSA) is 83.8 Å². The van der Waals surface area contributed by atoms with Gasteiger partial charge < -0.3 is 14.9 Å². The van der Waals surface area contributed by atoms with Crippen molar-refractivity contribution in [2.45, 2.75) is 12.4 Å². The van der Waals surface area contributed by atoms with Gasteiger partial charge in [0.15, 0.2) is 6.10 Å². The summed E-state index contributed by atoms with van der Waals surface area (Å²) in [6.07, 6.45) is -3.37. The third-order valence-corrected chi connectivity index (χ3v) is 0.968. The number of rotatable bonds is 0. The maximum Gasteiger partial charge on any atom is 0.380 e. The van der Waals surface area contributed by atoms with Crippen LogP contribution in [0, 0.1) is 0 Å². The lowest BCUT2D eigenvalue weighted by atomic mass is 10.3. The summed E-state index contributed by atoms with van der Waals surface area (Å²) in [5, 5.41) is 16.9. The Morgan fingerprint density at radius 1 is 1.33 bits per heavy atom. The highest BCUT2D eigenvalue weighted by atomic mass is 16.7. The van der Waals surface area contributed by atoms with Crippen molar-refractivity contribution < 1.29 is 24.5 Å². The molecule has 0 aromatic heterocycles. The van der Waals surface area contributed by atoms with E-state index in [1.54, 1.807) is 0 Å². The minimum atomic E-state index is -1.70. The average Bonchev–Trinajstić information content (AvgIpc) is 1.98. The van der Waals surface area contributed by atoms with E-state index in [1.165, 1.54) is 0 Å². The van der Waals surface area contributed by atoms with Crippen LogP contribution in [-0.2, 0) is 14.3 Å². The van der Waals surface area contributed by atoms with Crippen molar-refractivity contribution in [3.8, 4) is 0 Å². The molecular formula is C4H4O5. The molecule has 1 unspecified atom stereocenters. The van der Waals surface area contributed by atoms with Crippen LogP contribution < -0.4 is 0 Å². The van der Waals surface area contributed by atoms with E-state index < -0.39 is 24.1 Å². The van der Waals surface area contributed by atoms with Gasteiger partial charge in [0.25, 0.3) is 5.78 Å². The first-order valence-corrected chi connectivity index (χ1v) is 2.24. The highest BCUT2D eigenvalue weighted by Crippen LogP contribution is 2.07. The van der Waals surface area contributed by atoms with E-state index in [0.29, 0.717) is 0 Å². The van der Waals surface area contributed by atoms with Gasteiger partial charge in [-0.3, -0.25) is 4.79 Å². The third-order valence-electron chi connectivity index (χ3n) is 0.968. The van der Waals surface area contributed by atoms with Gasteiger partial charge in [-0.05, 0) is 0 Å². The Hall–Kier alpha value is -0.940. The summed E-state index contributed by atoms with van der Waals surface area (Å²) in [5.41, 5.74) is 0. The lowest BCUT2D eigenvalue weighted by Crippen LogP contribution is -2.25. The van der Waals surface area contributed by atoms with Gasteiger partial charge in [-0.1, -0.05) is 0 Å². The van der Waals surface area contributed by atoms with Crippen LogP contribution in [0.1, 0.15) is 0 Å². The number of ether oxygens (including phenoxy) is 1. The summed E-state index contributed by atoms with van der Waals surface area (Å²) < 4.78 is 3.90. The fraction of sp³-hybridized carbons (Fsp3) is 0.500. The van der Waals surface area contributed by atoms with Crippen molar-refractivity contribution in [3.63, 3.8) is 0 Å². The third kappa shape index (κ3) is 0.797. The van der Waals surface area contributed by atoms with Gasteiger partial charge in [0.05, 0.1) is 0 Å². The van der Waals surface area contributed by atoms with Gasteiger partial charge in [-0.15, -0.1) is 0 Å². The molecule has 0 aliphatic carbocycles. The number of cyclic esters (lactones) is 1. The molecule has 1 rings (SSSR count). The summed E-state index contributed by atoms with van der Waals surface area (Å²) in [6, 6.07) is 0. The van der Waals surface area contributed by atoms with Crippen molar-refractivity contribution in [3.05, 3.63) is 0 Å². The highest BCUT2D eigenvalue weighted by molar-refractivity contribution is 6.37. The maximum absolute atomic E-state index is 10.2. The smallest absolute Gasteiger partial charge is 0.380 e. The van der Waals surface area contributed by atoms with Crippen LogP contribution in [0.5, 0.6) is 0 Å². The van der Waals surface area contributed by atoms with Crippen LogP contribution in [0.3, 0.4) is 0 Å². The van der Waals surface area contributed by atoms with Crippen LogP contribution in [0.15, 0.2) is 0 Å². The number of esters is 1. The number of aliphatic hydroxyl groups excluding tert-OH is 2. The van der Waals surface area contributed by atoms with E-state index in [-0.39, 0.29) is 0 Å². The van der Waals surface area contributed by atoms with Crippen molar-refractivity contribution in [2.75, 3.05) is 0 Å². The first-order chi connectivity index (χ1) is 4.13. The molecule has 50 valence electrons. The molecule has 1 aliphatic heterocycles. The van der Waals surface area contributed by atoms with Crippen molar-refractivity contribution in [2.24, 2.45) is 0 Å². The lowest BCUT2D eigenvalue weighted by Gasteiger charge is -1.99. The molecule has 0 amide bonds. The fourth-order valence-corrected chi connectivity index (χ4v) is 0.482. The van der Waals surface area contributed by atoms with E-state index in [9.17, 15) is 9.59 Å². The fourth-order valence-electron chi connectivity index (χ4n) is 0.482. The molecule has 0 bridgehead atoms. The molecule has 0 radical (unpaired) electrons. The maximum atomic E-state index is 10.2. The average molecular weight is 132 g/mol. The predicted octanol–water partition coefficient (Wildman–Crippen LogP) is -2.21. The molecule has 9 heavy (non-hydrogen) atoms. The number of carbonyl (C=O) groups excluding carboxylic acids is 2. The molecule has 1 aliphatic rings. The second-order valence-electron chi connectivity index (χ2n) is 1.60. The Bertz CT molecular complexity index is 162. The first-order valence-electron chi connectivity index (χ1n) is 2.24. The number of Topliss-reactive ketones (excluding diaryl/α,β-unsaturated/α-hetero) is 1. The van der Waals surface area contributed by atoms with Crippen LogP contribution in [0.4, 0.5) is 0 Å². The standard InChI is InChI=1S/C4H4O5/c5-1-2(6)4(8)9-3(1)7/h1,3,5,7H/t1-,3?/m0/s1. The van der Waals surface area contributed by atoms with Gasteiger partial charge in [0.2, 0.25) is 6.29 Å². The Labute approximate surface area is 49.9 Å². The summed E-state index contributed by atoms with van der Waals surface area (Å²) in [5.74, 6) is -2.28. The number of carbonyl (C=O) groups is 2. The Morgan fingerprint density at radius 2 is 1.89 bits per heavy atom. The Morgan fingerprint density at radius 3 is 2.00 bits per heavy atom. The summed E-state index contributed by atoms with van der Waals surface area (Å²) in [4.78, 5) is 20.3. The van der Waals surface area contributed by atoms with E-state index in [1.807, 2.05) is 0 Å². The lowest BCUT2D eigenvalue weighted by molar-refractivity contribution is -0.160. The summed E-state index contributed by atoms with van der Waals surface area (Å²) in [6.45, 7) is 0. The van der Waals surface area contributed by atoms with Gasteiger partial charge in [-0.2, -0.15) is 0 Å². The van der Waals surface area contributed by atoms with Crippen LogP contribution >= 0.6 is 0 Å². The van der Waals surface area contributed by atoms with E-state index >= 15 is 0 Å². The van der Waals surface area contributed by atoms with Crippen LogP contribution in [-0.4, -0.2) is 34.4 Å². The molecule has 2 N–H and O–H groups in total. The second kappa shape index (κ2) is 1.78. The number of hydrogen-bond donors (Lipinski definition) is 2. The number of aliphatic hydroxyl groups is 2. The Kier molecular flexibility index (Phi) is 1.22. The van der Waals surface area contributed by atoms with Gasteiger partial charge in [-0.25, -0.2) is 4.79 Å².